The summed E-state index contributed by atoms with van der Waals surface area (Å²) in [5, 5.41) is 0.517. The second-order valence-corrected chi connectivity index (χ2v) is 9.24. The van der Waals surface area contributed by atoms with Crippen LogP contribution in [0.4, 0.5) is 0 Å². The van der Waals surface area contributed by atoms with Crippen molar-refractivity contribution in [3.63, 3.8) is 0 Å². The fourth-order valence-corrected chi connectivity index (χ4v) is 3.91. The maximum atomic E-state index is 12.9. The topological polar surface area (TPSA) is 68.6 Å². The number of carbonyl (C=O) groups is 1. The van der Waals surface area contributed by atoms with E-state index in [-0.39, 0.29) is 5.56 Å². The first-order chi connectivity index (χ1) is 14.3. The molecule has 3 rings (SSSR count). The highest BCUT2D eigenvalue weighted by atomic mass is 35.5. The zero-order valence-corrected chi connectivity index (χ0v) is 18.3. The smallest absolute Gasteiger partial charge is 0.286 e. The first kappa shape index (κ1) is 21.6. The molecule has 5 nitrogen and oxygen atoms in total. The van der Waals surface area contributed by atoms with Gasteiger partial charge in [0.2, 0.25) is 0 Å². The van der Waals surface area contributed by atoms with E-state index in [9.17, 15) is 9.00 Å². The van der Waals surface area contributed by atoms with Crippen LogP contribution in [0, 0.1) is 18.8 Å². The van der Waals surface area contributed by atoms with Gasteiger partial charge in [-0.3, -0.25) is 9.78 Å². The van der Waals surface area contributed by atoms with Gasteiger partial charge in [-0.05, 0) is 61.0 Å². The molecule has 152 valence electrons. The van der Waals surface area contributed by atoms with Gasteiger partial charge < -0.3 is 4.74 Å². The summed E-state index contributed by atoms with van der Waals surface area (Å²) in [6.07, 6.45) is 4.36. The second-order valence-electron chi connectivity index (χ2n) is 6.55. The molecule has 7 heteroatoms. The Labute approximate surface area is 181 Å². The molecule has 1 atom stereocenters. The minimum absolute atomic E-state index is 0.219. The first-order valence-electron chi connectivity index (χ1n) is 8.92. The van der Waals surface area contributed by atoms with Crippen LogP contribution in [0.15, 0.2) is 70.2 Å². The number of amides is 1. The van der Waals surface area contributed by atoms with Crippen molar-refractivity contribution in [1.29, 1.82) is 0 Å². The maximum Gasteiger partial charge on any atom is 0.286 e. The Bertz CT molecular complexity index is 1280. The molecule has 3 aromatic rings. The summed E-state index contributed by atoms with van der Waals surface area (Å²) >= 11 is 5.86. The van der Waals surface area contributed by atoms with Crippen molar-refractivity contribution in [3.8, 4) is 17.6 Å². The summed E-state index contributed by atoms with van der Waals surface area (Å²) < 4.78 is 22.0. The van der Waals surface area contributed by atoms with Crippen molar-refractivity contribution >= 4 is 27.2 Å². The molecule has 1 aromatic heterocycles. The van der Waals surface area contributed by atoms with Gasteiger partial charge in [-0.25, -0.2) is 4.21 Å². The number of rotatable bonds is 3. The number of methoxy groups -OCH3 is 1. The number of aromatic nitrogens is 1. The summed E-state index contributed by atoms with van der Waals surface area (Å²) in [6.45, 7) is 1.94. The van der Waals surface area contributed by atoms with Crippen LogP contribution in [-0.2, 0) is 9.73 Å². The average Bonchev–Trinajstić information content (AvgIpc) is 2.73. The summed E-state index contributed by atoms with van der Waals surface area (Å²) in [5.74, 6) is 6.22. The van der Waals surface area contributed by atoms with E-state index in [1.165, 1.54) is 12.5 Å². The molecule has 0 aliphatic carbocycles. The molecule has 0 bridgehead atoms. The third-order valence-electron chi connectivity index (χ3n) is 4.27. The lowest BCUT2D eigenvalue weighted by molar-refractivity contribution is 0.100. The Morgan fingerprint density at radius 2 is 1.83 bits per heavy atom. The van der Waals surface area contributed by atoms with Gasteiger partial charge in [0.15, 0.2) is 0 Å². The van der Waals surface area contributed by atoms with Crippen molar-refractivity contribution in [2.24, 2.45) is 4.36 Å². The Morgan fingerprint density at radius 3 is 2.50 bits per heavy atom. The number of hydrogen-bond acceptors (Lipinski definition) is 4. The number of carbonyl (C=O) groups excluding carboxylic acids is 1. The van der Waals surface area contributed by atoms with Crippen LogP contribution in [-0.4, -0.2) is 28.5 Å². The molecule has 2 aromatic carbocycles. The van der Waals surface area contributed by atoms with Crippen LogP contribution in [0.2, 0.25) is 5.02 Å². The fraction of sp³-hybridized carbons (Fsp3) is 0.130. The first-order valence-corrected chi connectivity index (χ1v) is 11.2. The largest absolute Gasteiger partial charge is 0.497 e. The van der Waals surface area contributed by atoms with Gasteiger partial charge in [-0.2, -0.15) is 4.36 Å². The number of halogens is 1. The average molecular weight is 439 g/mol. The second kappa shape index (κ2) is 9.12. The van der Waals surface area contributed by atoms with E-state index < -0.39 is 15.6 Å². The lowest BCUT2D eigenvalue weighted by atomic mass is 10.1. The van der Waals surface area contributed by atoms with Crippen LogP contribution in [0.3, 0.4) is 0 Å². The van der Waals surface area contributed by atoms with E-state index in [1.54, 1.807) is 43.6 Å². The zero-order chi connectivity index (χ0) is 21.7. The Balaban J connectivity index is 1.88. The normalized spacial score (nSPS) is 12.3. The molecule has 0 aliphatic rings. The number of ether oxygens (including phenoxy) is 1. The summed E-state index contributed by atoms with van der Waals surface area (Å²) in [4.78, 5) is 17.1. The fourth-order valence-electron chi connectivity index (χ4n) is 2.62. The van der Waals surface area contributed by atoms with Crippen LogP contribution >= 0.6 is 11.6 Å². The van der Waals surface area contributed by atoms with Crippen molar-refractivity contribution < 1.29 is 13.7 Å². The van der Waals surface area contributed by atoms with E-state index >= 15 is 0 Å². The van der Waals surface area contributed by atoms with Crippen LogP contribution in [0.1, 0.15) is 27.0 Å². The van der Waals surface area contributed by atoms with Gasteiger partial charge in [0.25, 0.3) is 5.91 Å². The molecular formula is C23H19ClN2O3S. The van der Waals surface area contributed by atoms with Crippen LogP contribution < -0.4 is 4.74 Å². The van der Waals surface area contributed by atoms with Gasteiger partial charge in [0.05, 0.1) is 22.4 Å². The summed E-state index contributed by atoms with van der Waals surface area (Å²) in [7, 11) is -1.30. The Hall–Kier alpha value is -3.14. The van der Waals surface area contributed by atoms with Crippen LogP contribution in [0.25, 0.3) is 0 Å². The van der Waals surface area contributed by atoms with Gasteiger partial charge >= 0.3 is 0 Å². The SMILES string of the molecule is COc1ccc(C#Cc2cncc(C(=O)N=S(C)(=O)c3ccc(Cl)cc3)c2)c(C)c1. The molecule has 0 spiro atoms. The van der Waals surface area contributed by atoms with Crippen molar-refractivity contribution in [2.45, 2.75) is 11.8 Å². The van der Waals surface area contributed by atoms with Crippen molar-refractivity contribution in [3.05, 3.63) is 88.2 Å². The highest BCUT2D eigenvalue weighted by Gasteiger charge is 2.12. The molecule has 0 aliphatic heterocycles. The van der Waals surface area contributed by atoms with Gasteiger partial charge in [0, 0.05) is 39.7 Å². The Morgan fingerprint density at radius 1 is 1.10 bits per heavy atom. The van der Waals surface area contributed by atoms with Crippen molar-refractivity contribution in [2.75, 3.05) is 13.4 Å². The summed E-state index contributed by atoms with van der Waals surface area (Å²) in [5.41, 5.74) is 2.60. The lowest BCUT2D eigenvalue weighted by Gasteiger charge is -2.04. The molecule has 0 N–H and O–H groups in total. The maximum absolute atomic E-state index is 12.9. The quantitative estimate of drug-likeness (QED) is 0.553. The number of aryl methyl sites for hydroxylation is 1. The van der Waals surface area contributed by atoms with E-state index in [0.29, 0.717) is 15.5 Å². The third kappa shape index (κ3) is 5.26. The number of benzene rings is 2. The van der Waals surface area contributed by atoms with Gasteiger partial charge in [-0.15, -0.1) is 0 Å². The number of pyridine rings is 1. The van der Waals surface area contributed by atoms with Gasteiger partial charge in [-0.1, -0.05) is 23.4 Å². The Kier molecular flexibility index (Phi) is 6.56. The molecule has 0 radical (unpaired) electrons. The molecule has 0 saturated heterocycles. The molecular weight excluding hydrogens is 420 g/mol. The molecule has 1 amide bonds. The minimum atomic E-state index is -2.91. The van der Waals surface area contributed by atoms with Crippen LogP contribution in [0.5, 0.6) is 5.75 Å². The third-order valence-corrected chi connectivity index (χ3v) is 6.18. The molecule has 1 unspecified atom stereocenters. The monoisotopic (exact) mass is 438 g/mol. The molecule has 1 heterocycles. The van der Waals surface area contributed by atoms with E-state index in [2.05, 4.69) is 21.2 Å². The lowest BCUT2D eigenvalue weighted by Crippen LogP contribution is -2.04. The minimum Gasteiger partial charge on any atom is -0.497 e. The molecule has 30 heavy (non-hydrogen) atoms. The summed E-state index contributed by atoms with van der Waals surface area (Å²) in [6, 6.07) is 13.6. The number of hydrogen-bond donors (Lipinski definition) is 0. The predicted octanol–water partition coefficient (Wildman–Crippen LogP) is 4.75. The molecule has 0 fully saturated rings. The van der Waals surface area contributed by atoms with E-state index in [1.807, 2.05) is 25.1 Å². The molecule has 0 saturated carbocycles. The zero-order valence-electron chi connectivity index (χ0n) is 16.7. The van der Waals surface area contributed by atoms with E-state index in [4.69, 9.17) is 16.3 Å². The highest BCUT2D eigenvalue weighted by Crippen LogP contribution is 2.18. The highest BCUT2D eigenvalue weighted by molar-refractivity contribution is 7.93. The van der Waals surface area contributed by atoms with Crippen molar-refractivity contribution in [1.82, 2.24) is 4.98 Å². The van der Waals surface area contributed by atoms with Gasteiger partial charge in [0.1, 0.15) is 5.75 Å². The number of nitrogens with zero attached hydrogens (tertiary/aromatic N) is 2. The van der Waals surface area contributed by atoms with E-state index in [0.717, 1.165) is 16.9 Å². The predicted molar refractivity (Wildman–Crippen MR) is 118 cm³/mol. The standard InChI is InChI=1S/C23H19ClN2O3S/c1-16-12-21(29-2)9-6-18(16)5-4-17-13-19(15-25-14-17)23(27)26-30(3,28)22-10-7-20(24)8-11-22/h6-15H,1-3H3.